The molecule has 2 aromatic heterocycles. The number of hydrogen-bond donors (Lipinski definition) is 0. The smallest absolute Gasteiger partial charge is 0.230 e. The maximum atomic E-state index is 12.4. The van der Waals surface area contributed by atoms with Crippen LogP contribution in [-0.2, 0) is 4.79 Å². The van der Waals surface area contributed by atoms with E-state index in [1.807, 2.05) is 12.1 Å². The molecule has 1 aliphatic carbocycles. The Morgan fingerprint density at radius 1 is 1.18 bits per heavy atom. The fraction of sp³-hybridized carbons (Fsp3) is 0.652. The normalized spacial score (nSPS) is 16.2. The number of carbonyl (C=O) groups is 1. The number of hydrogen-bond acceptors (Lipinski definition) is 5. The first-order valence-electron chi connectivity index (χ1n) is 11.0. The van der Waals surface area contributed by atoms with Crippen LogP contribution in [0, 0.1) is 5.92 Å². The minimum absolute atomic E-state index is 0.0380. The minimum Gasteiger partial charge on any atom is -0.339 e. The summed E-state index contributed by atoms with van der Waals surface area (Å²) < 4.78 is 5.60. The van der Waals surface area contributed by atoms with Gasteiger partial charge < -0.3 is 4.52 Å². The van der Waals surface area contributed by atoms with Crippen LogP contribution in [0.25, 0.3) is 11.4 Å². The first kappa shape index (κ1) is 20.7. The summed E-state index contributed by atoms with van der Waals surface area (Å²) in [5.74, 6) is 2.40. The number of carbonyl (C=O) groups excluding carboxylic acids is 1. The van der Waals surface area contributed by atoms with Crippen molar-refractivity contribution >= 4 is 5.78 Å². The molecule has 0 saturated heterocycles. The Bertz CT molecular complexity index is 708. The zero-order valence-electron chi connectivity index (χ0n) is 17.1. The van der Waals surface area contributed by atoms with E-state index in [1.54, 1.807) is 12.4 Å². The second-order valence-corrected chi connectivity index (χ2v) is 8.17. The van der Waals surface area contributed by atoms with Gasteiger partial charge in [0.1, 0.15) is 5.78 Å². The fourth-order valence-electron chi connectivity index (χ4n) is 4.21. The molecule has 0 bridgehead atoms. The molecular formula is C23H33N3O2. The van der Waals surface area contributed by atoms with Crippen molar-refractivity contribution in [1.82, 2.24) is 15.1 Å². The quantitative estimate of drug-likeness (QED) is 0.468. The number of pyridine rings is 1. The zero-order valence-corrected chi connectivity index (χ0v) is 17.1. The van der Waals surface area contributed by atoms with Crippen molar-refractivity contribution < 1.29 is 9.32 Å². The predicted octanol–water partition coefficient (Wildman–Crippen LogP) is 6.12. The molecule has 0 aromatic carbocycles. The Hall–Kier alpha value is -2.04. The van der Waals surface area contributed by atoms with Gasteiger partial charge in [-0.05, 0) is 30.9 Å². The molecule has 1 unspecified atom stereocenters. The summed E-state index contributed by atoms with van der Waals surface area (Å²) in [7, 11) is 0. The summed E-state index contributed by atoms with van der Waals surface area (Å²) in [6, 6.07) is 3.75. The van der Waals surface area contributed by atoms with Crippen LogP contribution in [0.1, 0.15) is 95.8 Å². The van der Waals surface area contributed by atoms with Gasteiger partial charge in [-0.1, -0.05) is 63.4 Å². The first-order valence-corrected chi connectivity index (χ1v) is 11.0. The highest BCUT2D eigenvalue weighted by atomic mass is 16.5. The lowest BCUT2D eigenvalue weighted by Gasteiger charge is -2.22. The number of Topliss-reactive ketones (excluding diaryl/α,β-unsaturated/α-hetero) is 1. The molecule has 5 heteroatoms. The molecule has 2 aromatic rings. The Balaban J connectivity index is 1.63. The highest BCUT2D eigenvalue weighted by molar-refractivity contribution is 5.79. The van der Waals surface area contributed by atoms with E-state index in [1.165, 1.54) is 38.5 Å². The lowest BCUT2D eigenvalue weighted by atomic mass is 9.84. The van der Waals surface area contributed by atoms with Crippen molar-refractivity contribution in [3.8, 4) is 11.4 Å². The standard InChI is InChI=1S/C23H33N3O2/c1-2-3-12-21(27)17-20(11-7-10-18-8-5-4-6-9-18)23-25-22(26-28-23)19-13-15-24-16-14-19/h13-16,18,20H,2-12,17H2,1H3. The maximum Gasteiger partial charge on any atom is 0.230 e. The van der Waals surface area contributed by atoms with Gasteiger partial charge in [0.15, 0.2) is 0 Å². The molecule has 1 saturated carbocycles. The molecule has 0 amide bonds. The number of rotatable bonds is 11. The van der Waals surface area contributed by atoms with Gasteiger partial charge in [0.2, 0.25) is 11.7 Å². The Labute approximate surface area is 168 Å². The Kier molecular flexibility index (Phi) is 8.19. The van der Waals surface area contributed by atoms with Crippen LogP contribution in [0.2, 0.25) is 0 Å². The van der Waals surface area contributed by atoms with Gasteiger partial charge in [-0.2, -0.15) is 4.98 Å². The largest absolute Gasteiger partial charge is 0.339 e. The molecule has 152 valence electrons. The van der Waals surface area contributed by atoms with E-state index >= 15 is 0 Å². The molecule has 0 aliphatic heterocycles. The van der Waals surface area contributed by atoms with Crippen molar-refractivity contribution in [2.24, 2.45) is 5.92 Å². The highest BCUT2D eigenvalue weighted by Crippen LogP contribution is 2.32. The fourth-order valence-corrected chi connectivity index (χ4v) is 4.21. The van der Waals surface area contributed by atoms with Crippen LogP contribution < -0.4 is 0 Å². The summed E-state index contributed by atoms with van der Waals surface area (Å²) in [5, 5.41) is 4.15. The molecule has 5 nitrogen and oxygen atoms in total. The maximum absolute atomic E-state index is 12.4. The van der Waals surface area contributed by atoms with E-state index in [4.69, 9.17) is 4.52 Å². The van der Waals surface area contributed by atoms with Gasteiger partial charge in [0.25, 0.3) is 0 Å². The van der Waals surface area contributed by atoms with Crippen molar-refractivity contribution in [2.75, 3.05) is 0 Å². The van der Waals surface area contributed by atoms with E-state index in [0.717, 1.165) is 37.2 Å². The van der Waals surface area contributed by atoms with Crippen LogP contribution in [0.3, 0.4) is 0 Å². The third-order valence-corrected chi connectivity index (χ3v) is 5.90. The summed E-state index contributed by atoms with van der Waals surface area (Å²) in [6.45, 7) is 2.12. The second kappa shape index (κ2) is 11.1. The predicted molar refractivity (Wildman–Crippen MR) is 110 cm³/mol. The van der Waals surface area contributed by atoms with Gasteiger partial charge in [0, 0.05) is 36.7 Å². The molecular weight excluding hydrogens is 350 g/mol. The van der Waals surface area contributed by atoms with Crippen LogP contribution in [0.5, 0.6) is 0 Å². The average Bonchev–Trinajstić information content (AvgIpc) is 3.23. The summed E-state index contributed by atoms with van der Waals surface area (Å²) in [6.07, 6.45) is 16.8. The number of nitrogens with zero attached hydrogens (tertiary/aromatic N) is 3. The monoisotopic (exact) mass is 383 g/mol. The van der Waals surface area contributed by atoms with Gasteiger partial charge >= 0.3 is 0 Å². The Morgan fingerprint density at radius 2 is 1.96 bits per heavy atom. The first-order chi connectivity index (χ1) is 13.8. The van der Waals surface area contributed by atoms with Crippen LogP contribution in [0.15, 0.2) is 29.0 Å². The second-order valence-electron chi connectivity index (χ2n) is 8.17. The average molecular weight is 384 g/mol. The van der Waals surface area contributed by atoms with Gasteiger partial charge in [-0.15, -0.1) is 0 Å². The van der Waals surface area contributed by atoms with Crippen LogP contribution in [0.4, 0.5) is 0 Å². The molecule has 0 radical (unpaired) electrons. The summed E-state index contributed by atoms with van der Waals surface area (Å²) in [4.78, 5) is 21.1. The molecule has 28 heavy (non-hydrogen) atoms. The molecule has 3 rings (SSSR count). The van der Waals surface area contributed by atoms with Gasteiger partial charge in [0.05, 0.1) is 0 Å². The molecule has 0 N–H and O–H groups in total. The third kappa shape index (κ3) is 6.25. The SMILES string of the molecule is CCCCC(=O)CC(CCCC1CCCCC1)c1nc(-c2ccncc2)no1. The lowest BCUT2D eigenvalue weighted by Crippen LogP contribution is -2.10. The van der Waals surface area contributed by atoms with Crippen molar-refractivity contribution in [3.63, 3.8) is 0 Å². The number of aromatic nitrogens is 3. The van der Waals surface area contributed by atoms with Gasteiger partial charge in [-0.25, -0.2) is 0 Å². The van der Waals surface area contributed by atoms with Gasteiger partial charge in [-0.3, -0.25) is 9.78 Å². The van der Waals surface area contributed by atoms with Crippen LogP contribution >= 0.6 is 0 Å². The van der Waals surface area contributed by atoms with E-state index in [2.05, 4.69) is 22.0 Å². The summed E-state index contributed by atoms with van der Waals surface area (Å²) in [5.41, 5.74) is 0.892. The van der Waals surface area contributed by atoms with E-state index in [-0.39, 0.29) is 5.92 Å². The van der Waals surface area contributed by atoms with Crippen LogP contribution in [-0.4, -0.2) is 20.9 Å². The molecule has 1 aliphatic rings. The number of unbranched alkanes of at least 4 members (excludes halogenated alkanes) is 1. The van der Waals surface area contributed by atoms with Crippen molar-refractivity contribution in [2.45, 2.75) is 89.9 Å². The van der Waals surface area contributed by atoms with E-state index < -0.39 is 0 Å². The zero-order chi connectivity index (χ0) is 19.6. The van der Waals surface area contributed by atoms with E-state index in [0.29, 0.717) is 30.3 Å². The molecule has 2 heterocycles. The Morgan fingerprint density at radius 3 is 2.71 bits per heavy atom. The summed E-state index contributed by atoms with van der Waals surface area (Å²) >= 11 is 0. The van der Waals surface area contributed by atoms with Crippen molar-refractivity contribution in [3.05, 3.63) is 30.4 Å². The number of ketones is 1. The third-order valence-electron chi connectivity index (χ3n) is 5.90. The van der Waals surface area contributed by atoms with Crippen molar-refractivity contribution in [1.29, 1.82) is 0 Å². The molecule has 0 spiro atoms. The lowest BCUT2D eigenvalue weighted by molar-refractivity contribution is -0.119. The van der Waals surface area contributed by atoms with E-state index in [9.17, 15) is 4.79 Å². The molecule has 1 fully saturated rings. The topological polar surface area (TPSA) is 68.9 Å². The highest BCUT2D eigenvalue weighted by Gasteiger charge is 2.23. The minimum atomic E-state index is 0.0380. The molecule has 1 atom stereocenters.